The second-order valence-corrected chi connectivity index (χ2v) is 8.98. The SMILES string of the molecule is CCCCC1(C)CSc2cc(O)c(SC)cc2N(c2ccccc2)C1. The molecule has 0 fully saturated rings. The average molecular weight is 374 g/mol. The number of para-hydroxylation sites is 1. The Bertz CT molecular complexity index is 719. The summed E-state index contributed by atoms with van der Waals surface area (Å²) in [6.07, 6.45) is 5.74. The second-order valence-electron chi connectivity index (χ2n) is 7.12. The van der Waals surface area contributed by atoms with E-state index in [1.54, 1.807) is 11.8 Å². The fraction of sp³-hybridized carbons (Fsp3) is 0.429. The Morgan fingerprint density at radius 3 is 2.68 bits per heavy atom. The van der Waals surface area contributed by atoms with Crippen molar-refractivity contribution >= 4 is 34.9 Å². The first kappa shape index (κ1) is 18.5. The lowest BCUT2D eigenvalue weighted by atomic mass is 9.86. The maximum absolute atomic E-state index is 10.3. The molecule has 0 saturated heterocycles. The highest BCUT2D eigenvalue weighted by atomic mass is 32.2. The molecule has 1 heterocycles. The van der Waals surface area contributed by atoms with Gasteiger partial charge < -0.3 is 10.0 Å². The summed E-state index contributed by atoms with van der Waals surface area (Å²) in [7, 11) is 0. The zero-order valence-corrected chi connectivity index (χ0v) is 16.9. The van der Waals surface area contributed by atoms with E-state index in [2.05, 4.69) is 55.1 Å². The Morgan fingerprint density at radius 1 is 1.24 bits per heavy atom. The van der Waals surface area contributed by atoms with E-state index in [-0.39, 0.29) is 5.41 Å². The van der Waals surface area contributed by atoms with E-state index in [9.17, 15) is 5.11 Å². The van der Waals surface area contributed by atoms with Gasteiger partial charge in [-0.05, 0) is 42.4 Å². The number of hydrogen-bond donors (Lipinski definition) is 1. The van der Waals surface area contributed by atoms with Crippen LogP contribution in [-0.4, -0.2) is 23.7 Å². The van der Waals surface area contributed by atoms with Gasteiger partial charge >= 0.3 is 0 Å². The lowest BCUT2D eigenvalue weighted by molar-refractivity contribution is 0.343. The molecule has 1 N–H and O–H groups in total. The van der Waals surface area contributed by atoms with E-state index in [0.29, 0.717) is 5.75 Å². The van der Waals surface area contributed by atoms with E-state index in [1.807, 2.05) is 24.1 Å². The molecule has 0 spiro atoms. The van der Waals surface area contributed by atoms with Crippen molar-refractivity contribution in [2.24, 2.45) is 5.41 Å². The molecule has 0 aromatic heterocycles. The number of rotatable bonds is 5. The molecular formula is C21H27NOS2. The lowest BCUT2D eigenvalue weighted by Gasteiger charge is -2.34. The van der Waals surface area contributed by atoms with Crippen molar-refractivity contribution in [3.63, 3.8) is 0 Å². The zero-order valence-electron chi connectivity index (χ0n) is 15.3. The molecule has 2 aromatic carbocycles. The standard InChI is InChI=1S/C21H27NOS2/c1-4-5-11-21(2)14-22(16-9-7-6-8-10-16)17-12-20(24-3)18(23)13-19(17)25-15-21/h6-10,12-13,23H,4-5,11,14-15H2,1-3H3. The summed E-state index contributed by atoms with van der Waals surface area (Å²) in [5.41, 5.74) is 2.70. The Morgan fingerprint density at radius 2 is 2.00 bits per heavy atom. The molecule has 0 bridgehead atoms. The number of phenolic OH excluding ortho intramolecular Hbond substituents is 1. The van der Waals surface area contributed by atoms with Crippen molar-refractivity contribution in [1.29, 1.82) is 0 Å². The number of fused-ring (bicyclic) bond motifs is 1. The van der Waals surface area contributed by atoms with E-state index in [4.69, 9.17) is 0 Å². The second kappa shape index (κ2) is 7.96. The van der Waals surface area contributed by atoms with Crippen molar-refractivity contribution in [3.05, 3.63) is 42.5 Å². The molecule has 134 valence electrons. The maximum atomic E-state index is 10.3. The fourth-order valence-electron chi connectivity index (χ4n) is 3.39. The smallest absolute Gasteiger partial charge is 0.130 e. The molecule has 2 aromatic rings. The molecule has 0 saturated carbocycles. The van der Waals surface area contributed by atoms with Crippen LogP contribution in [-0.2, 0) is 0 Å². The maximum Gasteiger partial charge on any atom is 0.130 e. The molecule has 4 heteroatoms. The van der Waals surface area contributed by atoms with Gasteiger partial charge in [0.25, 0.3) is 0 Å². The third kappa shape index (κ3) is 4.12. The lowest BCUT2D eigenvalue weighted by Crippen LogP contribution is -2.33. The van der Waals surface area contributed by atoms with Crippen LogP contribution in [0.4, 0.5) is 11.4 Å². The van der Waals surface area contributed by atoms with Gasteiger partial charge in [0.2, 0.25) is 0 Å². The van der Waals surface area contributed by atoms with Crippen LogP contribution in [0.25, 0.3) is 0 Å². The van der Waals surface area contributed by atoms with Crippen molar-refractivity contribution < 1.29 is 5.11 Å². The Kier molecular flexibility index (Phi) is 5.90. The van der Waals surface area contributed by atoms with Crippen LogP contribution in [0.15, 0.2) is 52.3 Å². The Hall–Kier alpha value is -1.26. The van der Waals surface area contributed by atoms with Gasteiger partial charge in [-0.1, -0.05) is 44.9 Å². The first-order chi connectivity index (χ1) is 12.1. The van der Waals surface area contributed by atoms with Gasteiger partial charge in [-0.2, -0.15) is 0 Å². The van der Waals surface area contributed by atoms with Crippen LogP contribution in [0, 0.1) is 5.41 Å². The Labute approximate surface area is 160 Å². The molecule has 0 aliphatic carbocycles. The van der Waals surface area contributed by atoms with Gasteiger partial charge in [-0.3, -0.25) is 0 Å². The highest BCUT2D eigenvalue weighted by molar-refractivity contribution is 7.99. The quantitative estimate of drug-likeness (QED) is 0.600. The van der Waals surface area contributed by atoms with Crippen LogP contribution in [0.2, 0.25) is 0 Å². The van der Waals surface area contributed by atoms with Crippen LogP contribution < -0.4 is 4.90 Å². The van der Waals surface area contributed by atoms with E-state index in [1.165, 1.54) is 35.5 Å². The molecule has 3 rings (SSSR count). The zero-order chi connectivity index (χ0) is 17.9. The number of unbranched alkanes of at least 4 members (excludes halogenated alkanes) is 1. The average Bonchev–Trinajstić information content (AvgIpc) is 2.77. The van der Waals surface area contributed by atoms with E-state index in [0.717, 1.165) is 17.2 Å². The van der Waals surface area contributed by atoms with Gasteiger partial charge in [-0.25, -0.2) is 0 Å². The number of anilines is 2. The van der Waals surface area contributed by atoms with Crippen LogP contribution in [0.5, 0.6) is 5.75 Å². The summed E-state index contributed by atoms with van der Waals surface area (Å²) in [4.78, 5) is 4.57. The molecule has 1 aliphatic rings. The summed E-state index contributed by atoms with van der Waals surface area (Å²) in [5, 5.41) is 10.3. The number of aromatic hydroxyl groups is 1. The topological polar surface area (TPSA) is 23.5 Å². The monoisotopic (exact) mass is 373 g/mol. The number of nitrogens with zero attached hydrogens (tertiary/aromatic N) is 1. The molecule has 1 atom stereocenters. The molecule has 0 radical (unpaired) electrons. The van der Waals surface area contributed by atoms with Gasteiger partial charge in [0, 0.05) is 22.9 Å². The predicted molar refractivity (Wildman–Crippen MR) is 112 cm³/mol. The molecule has 1 unspecified atom stereocenters. The van der Waals surface area contributed by atoms with Crippen LogP contribution >= 0.6 is 23.5 Å². The largest absolute Gasteiger partial charge is 0.507 e. The molecular weight excluding hydrogens is 346 g/mol. The summed E-state index contributed by atoms with van der Waals surface area (Å²) in [6, 6.07) is 14.8. The molecule has 25 heavy (non-hydrogen) atoms. The molecule has 0 amide bonds. The minimum atomic E-state index is 0.255. The van der Waals surface area contributed by atoms with Crippen LogP contribution in [0.1, 0.15) is 33.1 Å². The Balaban J connectivity index is 2.07. The third-order valence-corrected chi connectivity index (χ3v) is 7.12. The predicted octanol–water partition coefficient (Wildman–Crippen LogP) is 6.55. The van der Waals surface area contributed by atoms with Gasteiger partial charge in [0.1, 0.15) is 5.75 Å². The minimum absolute atomic E-state index is 0.255. The third-order valence-electron chi connectivity index (χ3n) is 4.87. The van der Waals surface area contributed by atoms with Gasteiger partial charge in [0.15, 0.2) is 0 Å². The summed E-state index contributed by atoms with van der Waals surface area (Å²) < 4.78 is 0. The minimum Gasteiger partial charge on any atom is -0.507 e. The first-order valence-electron chi connectivity index (χ1n) is 8.93. The van der Waals surface area contributed by atoms with E-state index >= 15 is 0 Å². The molecule has 1 aliphatic heterocycles. The highest BCUT2D eigenvalue weighted by Crippen LogP contribution is 2.48. The van der Waals surface area contributed by atoms with Crippen molar-refractivity contribution in [1.82, 2.24) is 0 Å². The normalized spacial score (nSPS) is 20.2. The van der Waals surface area contributed by atoms with Crippen molar-refractivity contribution in [2.75, 3.05) is 23.5 Å². The van der Waals surface area contributed by atoms with Crippen molar-refractivity contribution in [3.8, 4) is 5.75 Å². The van der Waals surface area contributed by atoms with Crippen LogP contribution in [0.3, 0.4) is 0 Å². The first-order valence-corrected chi connectivity index (χ1v) is 11.1. The van der Waals surface area contributed by atoms with Gasteiger partial charge in [-0.15, -0.1) is 23.5 Å². The number of phenols is 1. The summed E-state index contributed by atoms with van der Waals surface area (Å²) >= 11 is 3.49. The highest BCUT2D eigenvalue weighted by Gasteiger charge is 2.32. The number of thioether (sulfide) groups is 2. The van der Waals surface area contributed by atoms with Gasteiger partial charge in [0.05, 0.1) is 10.6 Å². The van der Waals surface area contributed by atoms with E-state index < -0.39 is 0 Å². The van der Waals surface area contributed by atoms with Crippen molar-refractivity contribution in [2.45, 2.75) is 42.9 Å². The summed E-state index contributed by atoms with van der Waals surface area (Å²) in [5.74, 6) is 1.48. The summed E-state index contributed by atoms with van der Waals surface area (Å²) in [6.45, 7) is 5.68. The number of hydrogen-bond acceptors (Lipinski definition) is 4. The number of benzene rings is 2. The molecule has 2 nitrogen and oxygen atoms in total. The fourth-order valence-corrected chi connectivity index (χ4v) is 5.14.